The molecule has 0 aliphatic heterocycles. The summed E-state index contributed by atoms with van der Waals surface area (Å²) < 4.78 is 1.63. The van der Waals surface area contributed by atoms with E-state index in [4.69, 9.17) is 0 Å². The summed E-state index contributed by atoms with van der Waals surface area (Å²) in [4.78, 5) is 10.7. The number of benzene rings is 1. The summed E-state index contributed by atoms with van der Waals surface area (Å²) in [5, 5.41) is 1.18. The highest BCUT2D eigenvalue weighted by molar-refractivity contribution is 5.88. The van der Waals surface area contributed by atoms with E-state index in [-0.39, 0.29) is 0 Å². The van der Waals surface area contributed by atoms with E-state index < -0.39 is 0 Å². The zero-order chi connectivity index (χ0) is 11.3. The first-order valence-corrected chi connectivity index (χ1v) is 5.40. The van der Waals surface area contributed by atoms with Gasteiger partial charge in [-0.25, -0.2) is 0 Å². The Morgan fingerprint density at radius 3 is 2.53 bits per heavy atom. The van der Waals surface area contributed by atoms with Crippen LogP contribution in [0.15, 0.2) is 30.5 Å². The van der Waals surface area contributed by atoms with E-state index in [9.17, 15) is 4.79 Å². The fourth-order valence-corrected chi connectivity index (χ4v) is 1.65. The van der Waals surface area contributed by atoms with E-state index in [0.29, 0.717) is 0 Å². The Kier molecular flexibility index (Phi) is 4.10. The molecule has 0 aliphatic carbocycles. The molecule has 0 bridgehead atoms. The molecule has 0 atom stereocenters. The van der Waals surface area contributed by atoms with Gasteiger partial charge in [-0.3, -0.25) is 9.36 Å². The number of para-hydroxylation sites is 1. The molecule has 0 unspecified atom stereocenters. The number of aryl methyl sites for hydroxylation is 1. The molecule has 15 heavy (non-hydrogen) atoms. The van der Waals surface area contributed by atoms with E-state index >= 15 is 0 Å². The molecule has 0 spiro atoms. The lowest BCUT2D eigenvalue weighted by Gasteiger charge is -1.92. The van der Waals surface area contributed by atoms with Gasteiger partial charge in [0.1, 0.15) is 0 Å². The Morgan fingerprint density at radius 1 is 1.27 bits per heavy atom. The summed E-state index contributed by atoms with van der Waals surface area (Å²) in [6.07, 6.45) is 3.71. The lowest BCUT2D eigenvalue weighted by Crippen LogP contribution is -1.90. The number of carbonyl (C=O) groups is 1. The molecule has 0 fully saturated rings. The predicted molar refractivity (Wildman–Crippen MR) is 64.8 cm³/mol. The molecule has 1 aromatic heterocycles. The van der Waals surface area contributed by atoms with Crippen LogP contribution in [0.25, 0.3) is 10.9 Å². The standard InChI is InChI=1S/C11H11NO.C2H6/c1-2-9-7-12(8-13)11-6-4-3-5-10(9)11;1-2/h3-8H,2H2,1H3;1-2H3. The van der Waals surface area contributed by atoms with Gasteiger partial charge in [-0.1, -0.05) is 39.0 Å². The Bertz CT molecular complexity index is 443. The third-order valence-electron chi connectivity index (χ3n) is 2.32. The summed E-state index contributed by atoms with van der Waals surface area (Å²) >= 11 is 0. The van der Waals surface area contributed by atoms with Crippen molar-refractivity contribution in [3.05, 3.63) is 36.0 Å². The quantitative estimate of drug-likeness (QED) is 0.686. The molecule has 2 aromatic rings. The second kappa shape index (κ2) is 5.35. The van der Waals surface area contributed by atoms with Crippen LogP contribution in [0.4, 0.5) is 0 Å². The average molecular weight is 203 g/mol. The van der Waals surface area contributed by atoms with Crippen LogP contribution in [0.5, 0.6) is 0 Å². The molecule has 0 amide bonds. The normalized spacial score (nSPS) is 9.53. The van der Waals surface area contributed by atoms with Crippen molar-refractivity contribution in [2.45, 2.75) is 27.2 Å². The highest BCUT2D eigenvalue weighted by Crippen LogP contribution is 2.20. The van der Waals surface area contributed by atoms with Crippen LogP contribution in [0.2, 0.25) is 0 Å². The Hall–Kier alpha value is -1.57. The fraction of sp³-hybridized carbons (Fsp3) is 0.308. The molecule has 1 heterocycles. The van der Waals surface area contributed by atoms with Crippen LogP contribution in [0.1, 0.15) is 26.3 Å². The molecule has 0 radical (unpaired) electrons. The molecule has 0 N–H and O–H groups in total. The van der Waals surface area contributed by atoms with Crippen LogP contribution in [0.3, 0.4) is 0 Å². The van der Waals surface area contributed by atoms with E-state index in [1.807, 2.05) is 44.3 Å². The zero-order valence-corrected chi connectivity index (χ0v) is 9.53. The molecule has 0 aliphatic rings. The predicted octanol–water partition coefficient (Wildman–Crippen LogP) is 3.27. The molecule has 2 rings (SSSR count). The maximum Gasteiger partial charge on any atom is 0.218 e. The van der Waals surface area contributed by atoms with Gasteiger partial charge in [0.2, 0.25) is 6.41 Å². The fourth-order valence-electron chi connectivity index (χ4n) is 1.65. The highest BCUT2D eigenvalue weighted by Gasteiger charge is 2.04. The molecule has 0 saturated carbocycles. The van der Waals surface area contributed by atoms with Gasteiger partial charge in [-0.15, -0.1) is 0 Å². The van der Waals surface area contributed by atoms with Crippen LogP contribution in [0, 0.1) is 0 Å². The maximum atomic E-state index is 10.7. The lowest BCUT2D eigenvalue weighted by atomic mass is 10.1. The van der Waals surface area contributed by atoms with Crippen molar-refractivity contribution in [1.82, 2.24) is 4.57 Å². The number of hydrogen-bond donors (Lipinski definition) is 0. The minimum absolute atomic E-state index is 0.849. The van der Waals surface area contributed by atoms with E-state index in [2.05, 4.69) is 6.92 Å². The van der Waals surface area contributed by atoms with Gasteiger partial charge in [0.15, 0.2) is 0 Å². The molecule has 2 heteroatoms. The minimum atomic E-state index is 0.849. The third kappa shape index (κ3) is 2.09. The Labute approximate surface area is 90.5 Å². The lowest BCUT2D eigenvalue weighted by molar-refractivity contribution is 0.549. The Balaban J connectivity index is 0.000000531. The van der Waals surface area contributed by atoms with Crippen molar-refractivity contribution in [2.24, 2.45) is 0 Å². The number of nitrogens with zero attached hydrogens (tertiary/aromatic N) is 1. The average Bonchev–Trinajstić information content (AvgIpc) is 2.70. The van der Waals surface area contributed by atoms with Crippen LogP contribution in [-0.4, -0.2) is 11.0 Å². The maximum absolute atomic E-state index is 10.7. The summed E-state index contributed by atoms with van der Waals surface area (Å²) in [5.74, 6) is 0. The number of carbonyl (C=O) groups excluding carboxylic acids is 1. The summed E-state index contributed by atoms with van der Waals surface area (Å²) in [6, 6.07) is 7.95. The molecular weight excluding hydrogens is 186 g/mol. The van der Waals surface area contributed by atoms with Gasteiger partial charge >= 0.3 is 0 Å². The van der Waals surface area contributed by atoms with Crippen molar-refractivity contribution >= 4 is 17.3 Å². The zero-order valence-electron chi connectivity index (χ0n) is 9.53. The van der Waals surface area contributed by atoms with Crippen molar-refractivity contribution in [1.29, 1.82) is 0 Å². The monoisotopic (exact) mass is 203 g/mol. The number of fused-ring (bicyclic) bond motifs is 1. The first-order valence-electron chi connectivity index (χ1n) is 5.40. The summed E-state index contributed by atoms with van der Waals surface area (Å²) in [5.41, 5.74) is 2.22. The smallest absolute Gasteiger partial charge is 0.218 e. The van der Waals surface area contributed by atoms with Gasteiger partial charge in [0, 0.05) is 11.6 Å². The Morgan fingerprint density at radius 2 is 1.93 bits per heavy atom. The topological polar surface area (TPSA) is 22.0 Å². The number of hydrogen-bond acceptors (Lipinski definition) is 1. The van der Waals surface area contributed by atoms with Gasteiger partial charge in [0.05, 0.1) is 5.52 Å². The van der Waals surface area contributed by atoms with Crippen molar-refractivity contribution in [3.8, 4) is 0 Å². The van der Waals surface area contributed by atoms with E-state index in [1.54, 1.807) is 4.57 Å². The SMILES string of the molecule is CC.CCc1cn(C=O)c2ccccc12. The van der Waals surface area contributed by atoms with Crippen molar-refractivity contribution in [3.63, 3.8) is 0 Å². The molecule has 1 aromatic carbocycles. The number of rotatable bonds is 2. The first-order chi connectivity index (χ1) is 7.36. The molecule has 2 nitrogen and oxygen atoms in total. The third-order valence-corrected chi connectivity index (χ3v) is 2.32. The molecule has 80 valence electrons. The summed E-state index contributed by atoms with van der Waals surface area (Å²) in [6.45, 7) is 6.09. The summed E-state index contributed by atoms with van der Waals surface area (Å²) in [7, 11) is 0. The van der Waals surface area contributed by atoms with Crippen LogP contribution < -0.4 is 0 Å². The van der Waals surface area contributed by atoms with Crippen LogP contribution >= 0.6 is 0 Å². The first kappa shape index (κ1) is 11.5. The largest absolute Gasteiger partial charge is 0.290 e. The van der Waals surface area contributed by atoms with Crippen molar-refractivity contribution in [2.75, 3.05) is 0 Å². The second-order valence-corrected chi connectivity index (χ2v) is 3.04. The highest BCUT2D eigenvalue weighted by atomic mass is 16.1. The van der Waals surface area contributed by atoms with Gasteiger partial charge in [-0.2, -0.15) is 0 Å². The van der Waals surface area contributed by atoms with E-state index in [0.717, 1.165) is 18.3 Å². The minimum Gasteiger partial charge on any atom is -0.290 e. The number of aromatic nitrogens is 1. The van der Waals surface area contributed by atoms with Gasteiger partial charge in [0.25, 0.3) is 0 Å². The van der Waals surface area contributed by atoms with E-state index in [1.165, 1.54) is 10.9 Å². The van der Waals surface area contributed by atoms with Crippen LogP contribution in [-0.2, 0) is 11.2 Å². The molecular formula is C13H17NO. The van der Waals surface area contributed by atoms with Gasteiger partial charge in [-0.05, 0) is 18.1 Å². The van der Waals surface area contributed by atoms with Crippen molar-refractivity contribution < 1.29 is 4.79 Å². The molecule has 0 saturated heterocycles. The second-order valence-electron chi connectivity index (χ2n) is 3.04. The van der Waals surface area contributed by atoms with Gasteiger partial charge < -0.3 is 0 Å².